The van der Waals surface area contributed by atoms with Crippen LogP contribution in [-0.2, 0) is 29.0 Å². The van der Waals surface area contributed by atoms with Gasteiger partial charge in [0.05, 0.1) is 6.42 Å². The highest BCUT2D eigenvalue weighted by molar-refractivity contribution is 5.89. The predicted molar refractivity (Wildman–Crippen MR) is 143 cm³/mol. The molecule has 0 bridgehead atoms. The number of amides is 2. The van der Waals surface area contributed by atoms with Crippen LogP contribution < -0.4 is 5.32 Å². The van der Waals surface area contributed by atoms with Crippen molar-refractivity contribution in [2.75, 3.05) is 0 Å². The molecule has 184 valence electrons. The number of nitrogens with one attached hydrogen (secondary N) is 1. The molecule has 0 heterocycles. The van der Waals surface area contributed by atoms with Crippen LogP contribution in [0.2, 0.25) is 0 Å². The Hall–Kier alpha value is -3.40. The lowest BCUT2D eigenvalue weighted by atomic mass is 9.98. The SMILES string of the molecule is Cc1ccc(C)c(CC(=O)N(Cc2ccccc2C)[C@H](Cc2ccccc2)C(=O)NC(C)(C)C)c1. The number of rotatable bonds is 8. The molecule has 35 heavy (non-hydrogen) atoms. The molecule has 0 unspecified atom stereocenters. The van der Waals surface area contributed by atoms with Gasteiger partial charge in [0.2, 0.25) is 11.8 Å². The second kappa shape index (κ2) is 11.4. The molecule has 0 fully saturated rings. The summed E-state index contributed by atoms with van der Waals surface area (Å²) in [4.78, 5) is 29.4. The number of hydrogen-bond acceptors (Lipinski definition) is 2. The zero-order chi connectivity index (χ0) is 25.6. The third kappa shape index (κ3) is 7.54. The quantitative estimate of drug-likeness (QED) is 0.458. The summed E-state index contributed by atoms with van der Waals surface area (Å²) in [7, 11) is 0. The third-order valence-electron chi connectivity index (χ3n) is 6.22. The van der Waals surface area contributed by atoms with Crippen molar-refractivity contribution < 1.29 is 9.59 Å². The van der Waals surface area contributed by atoms with Crippen LogP contribution >= 0.6 is 0 Å². The van der Waals surface area contributed by atoms with Gasteiger partial charge in [-0.3, -0.25) is 9.59 Å². The Morgan fingerprint density at radius 1 is 0.829 bits per heavy atom. The van der Waals surface area contributed by atoms with E-state index in [2.05, 4.69) is 23.5 Å². The highest BCUT2D eigenvalue weighted by atomic mass is 16.2. The predicted octanol–water partition coefficient (Wildman–Crippen LogP) is 5.71. The van der Waals surface area contributed by atoms with E-state index in [0.717, 1.165) is 33.4 Å². The maximum absolute atomic E-state index is 13.9. The van der Waals surface area contributed by atoms with Crippen molar-refractivity contribution in [3.05, 3.63) is 106 Å². The van der Waals surface area contributed by atoms with Gasteiger partial charge in [0, 0.05) is 18.5 Å². The van der Waals surface area contributed by atoms with E-state index < -0.39 is 11.6 Å². The standard InChI is InChI=1S/C31H38N2O2/c1-22-16-17-24(3)27(18-22)20-29(34)33(21-26-15-11-10-12-23(26)2)28(30(35)32-31(4,5)6)19-25-13-8-7-9-14-25/h7-18,28H,19-21H2,1-6H3,(H,32,35)/t28-/m1/s1. The lowest BCUT2D eigenvalue weighted by molar-refractivity contribution is -0.141. The summed E-state index contributed by atoms with van der Waals surface area (Å²) in [5, 5.41) is 3.13. The van der Waals surface area contributed by atoms with Crippen molar-refractivity contribution in [3.63, 3.8) is 0 Å². The molecule has 0 spiro atoms. The Labute approximate surface area is 210 Å². The molecule has 4 heteroatoms. The zero-order valence-corrected chi connectivity index (χ0v) is 21.9. The van der Waals surface area contributed by atoms with Gasteiger partial charge in [0.25, 0.3) is 0 Å². The van der Waals surface area contributed by atoms with Gasteiger partial charge in [0.1, 0.15) is 6.04 Å². The van der Waals surface area contributed by atoms with Gasteiger partial charge < -0.3 is 10.2 Å². The molecular weight excluding hydrogens is 432 g/mol. The second-order valence-electron chi connectivity index (χ2n) is 10.5. The van der Waals surface area contributed by atoms with Crippen LogP contribution in [0.1, 0.15) is 54.2 Å². The van der Waals surface area contributed by atoms with Crippen molar-refractivity contribution in [2.45, 2.75) is 72.5 Å². The van der Waals surface area contributed by atoms with Crippen LogP contribution in [0.3, 0.4) is 0 Å². The van der Waals surface area contributed by atoms with E-state index >= 15 is 0 Å². The fourth-order valence-electron chi connectivity index (χ4n) is 4.23. The van der Waals surface area contributed by atoms with Crippen molar-refractivity contribution in [1.82, 2.24) is 10.2 Å². The number of aryl methyl sites for hydroxylation is 3. The molecule has 4 nitrogen and oxygen atoms in total. The molecule has 0 radical (unpaired) electrons. The van der Waals surface area contributed by atoms with Crippen molar-refractivity contribution in [3.8, 4) is 0 Å². The highest BCUT2D eigenvalue weighted by Crippen LogP contribution is 2.20. The molecule has 0 aromatic heterocycles. The zero-order valence-electron chi connectivity index (χ0n) is 21.9. The number of nitrogens with zero attached hydrogens (tertiary/aromatic N) is 1. The highest BCUT2D eigenvalue weighted by Gasteiger charge is 2.32. The van der Waals surface area contributed by atoms with Gasteiger partial charge in [-0.25, -0.2) is 0 Å². The summed E-state index contributed by atoms with van der Waals surface area (Å²) >= 11 is 0. The van der Waals surface area contributed by atoms with E-state index in [1.54, 1.807) is 4.90 Å². The van der Waals surface area contributed by atoms with Gasteiger partial charge in [-0.1, -0.05) is 78.4 Å². The van der Waals surface area contributed by atoms with E-state index in [9.17, 15) is 9.59 Å². The fourth-order valence-corrected chi connectivity index (χ4v) is 4.23. The lowest BCUT2D eigenvalue weighted by Gasteiger charge is -2.34. The van der Waals surface area contributed by atoms with Gasteiger partial charge in [-0.2, -0.15) is 0 Å². The second-order valence-corrected chi connectivity index (χ2v) is 10.5. The number of benzene rings is 3. The summed E-state index contributed by atoms with van der Waals surface area (Å²) in [6.07, 6.45) is 0.709. The molecule has 0 aliphatic rings. The first-order valence-corrected chi connectivity index (χ1v) is 12.3. The lowest BCUT2D eigenvalue weighted by Crippen LogP contribution is -2.54. The van der Waals surface area contributed by atoms with Crippen LogP contribution in [-0.4, -0.2) is 28.3 Å². The molecule has 2 amide bonds. The molecule has 1 N–H and O–H groups in total. The Balaban J connectivity index is 2.03. The summed E-state index contributed by atoms with van der Waals surface area (Å²) in [5.74, 6) is -0.184. The van der Waals surface area contributed by atoms with Gasteiger partial charge in [0.15, 0.2) is 0 Å². The minimum atomic E-state index is -0.631. The number of carbonyl (C=O) groups is 2. The molecule has 0 saturated heterocycles. The number of hydrogen-bond donors (Lipinski definition) is 1. The van der Waals surface area contributed by atoms with Gasteiger partial charge >= 0.3 is 0 Å². The Bertz CT molecular complexity index is 1160. The van der Waals surface area contributed by atoms with E-state index in [1.165, 1.54) is 0 Å². The topological polar surface area (TPSA) is 49.4 Å². The van der Waals surface area contributed by atoms with Gasteiger partial charge in [-0.05, 0) is 69.4 Å². The molecule has 0 aliphatic heterocycles. The van der Waals surface area contributed by atoms with Crippen molar-refractivity contribution >= 4 is 11.8 Å². The summed E-state index contributed by atoms with van der Waals surface area (Å²) in [5.41, 5.74) is 5.97. The molecule has 3 aromatic rings. The van der Waals surface area contributed by atoms with Crippen LogP contribution in [0.15, 0.2) is 72.8 Å². The first-order chi connectivity index (χ1) is 16.5. The monoisotopic (exact) mass is 470 g/mol. The Morgan fingerprint density at radius 3 is 2.11 bits per heavy atom. The van der Waals surface area contributed by atoms with E-state index in [0.29, 0.717) is 13.0 Å². The molecule has 0 saturated carbocycles. The summed E-state index contributed by atoms with van der Waals surface area (Å²) < 4.78 is 0. The average Bonchev–Trinajstić information content (AvgIpc) is 2.79. The molecule has 3 aromatic carbocycles. The third-order valence-corrected chi connectivity index (χ3v) is 6.22. The minimum absolute atomic E-state index is 0.0491. The maximum Gasteiger partial charge on any atom is 0.243 e. The Kier molecular flexibility index (Phi) is 8.50. The van der Waals surface area contributed by atoms with Crippen LogP contribution in [0.5, 0.6) is 0 Å². The molecule has 1 atom stereocenters. The average molecular weight is 471 g/mol. The van der Waals surface area contributed by atoms with Crippen LogP contribution in [0.25, 0.3) is 0 Å². The summed E-state index contributed by atoms with van der Waals surface area (Å²) in [6.45, 7) is 12.4. The summed E-state index contributed by atoms with van der Waals surface area (Å²) in [6, 6.07) is 23.5. The maximum atomic E-state index is 13.9. The first-order valence-electron chi connectivity index (χ1n) is 12.3. The largest absolute Gasteiger partial charge is 0.350 e. The normalized spacial score (nSPS) is 12.2. The van der Waals surface area contributed by atoms with Crippen molar-refractivity contribution in [2.24, 2.45) is 0 Å². The fraction of sp³-hybridized carbons (Fsp3) is 0.355. The van der Waals surface area contributed by atoms with E-state index in [-0.39, 0.29) is 18.2 Å². The van der Waals surface area contributed by atoms with E-state index in [4.69, 9.17) is 0 Å². The first kappa shape index (κ1) is 26.2. The minimum Gasteiger partial charge on any atom is -0.350 e. The smallest absolute Gasteiger partial charge is 0.243 e. The van der Waals surface area contributed by atoms with Crippen LogP contribution in [0, 0.1) is 20.8 Å². The molecule has 3 rings (SSSR count). The van der Waals surface area contributed by atoms with Crippen molar-refractivity contribution in [1.29, 1.82) is 0 Å². The molecular formula is C31H38N2O2. The van der Waals surface area contributed by atoms with Crippen LogP contribution in [0.4, 0.5) is 0 Å². The van der Waals surface area contributed by atoms with Gasteiger partial charge in [-0.15, -0.1) is 0 Å². The Morgan fingerprint density at radius 2 is 1.46 bits per heavy atom. The van der Waals surface area contributed by atoms with E-state index in [1.807, 2.05) is 96.1 Å². The molecule has 0 aliphatic carbocycles. The number of carbonyl (C=O) groups excluding carboxylic acids is 2.